The van der Waals surface area contributed by atoms with Gasteiger partial charge in [0.25, 0.3) is 5.91 Å². The molecule has 0 spiro atoms. The number of aromatic nitrogens is 2. The molecule has 0 aliphatic carbocycles. The summed E-state index contributed by atoms with van der Waals surface area (Å²) in [6.45, 7) is 0. The standard InChI is InChI=1S/C23H23N5O3/c1-27-15-14-24-21(27)20(16-8-4-2-5-9-16)26-19(29)13-12-18-22(30)28(23(31)25-18)17-10-6-3-7-11-17/h2-11,14-15,18,20H,12-13H2,1H3,(H,25,31)(H,26,29). The van der Waals surface area contributed by atoms with E-state index in [1.54, 1.807) is 30.5 Å². The van der Waals surface area contributed by atoms with Crippen molar-refractivity contribution in [2.75, 3.05) is 4.90 Å². The second kappa shape index (κ2) is 8.83. The first-order chi connectivity index (χ1) is 15.0. The topological polar surface area (TPSA) is 96.3 Å². The van der Waals surface area contributed by atoms with E-state index < -0.39 is 18.1 Å². The third-order valence-corrected chi connectivity index (χ3v) is 5.25. The molecule has 3 aromatic rings. The Bertz CT molecular complexity index is 1080. The number of imidazole rings is 1. The Morgan fingerprint density at radius 2 is 1.77 bits per heavy atom. The Morgan fingerprint density at radius 1 is 1.10 bits per heavy atom. The average molecular weight is 417 g/mol. The van der Waals surface area contributed by atoms with Crippen LogP contribution in [0.25, 0.3) is 0 Å². The van der Waals surface area contributed by atoms with E-state index in [1.165, 1.54) is 0 Å². The molecule has 2 unspecified atom stereocenters. The Balaban J connectivity index is 1.42. The van der Waals surface area contributed by atoms with E-state index in [-0.39, 0.29) is 24.7 Å². The first-order valence-corrected chi connectivity index (χ1v) is 10.1. The predicted molar refractivity (Wildman–Crippen MR) is 115 cm³/mol. The number of carbonyl (C=O) groups excluding carboxylic acids is 3. The number of hydrogen-bond donors (Lipinski definition) is 2. The summed E-state index contributed by atoms with van der Waals surface area (Å²) in [7, 11) is 1.87. The Hall–Kier alpha value is -3.94. The maximum atomic E-state index is 12.7. The van der Waals surface area contributed by atoms with Crippen molar-refractivity contribution >= 4 is 23.5 Å². The fraction of sp³-hybridized carbons (Fsp3) is 0.217. The first kappa shape index (κ1) is 20.3. The molecule has 0 radical (unpaired) electrons. The van der Waals surface area contributed by atoms with Crippen LogP contribution in [-0.4, -0.2) is 33.4 Å². The number of aryl methyl sites for hydroxylation is 1. The summed E-state index contributed by atoms with van der Waals surface area (Å²) >= 11 is 0. The van der Waals surface area contributed by atoms with Crippen molar-refractivity contribution in [2.45, 2.75) is 24.9 Å². The number of rotatable bonds is 7. The number of benzene rings is 2. The minimum Gasteiger partial charge on any atom is -0.342 e. The van der Waals surface area contributed by atoms with Crippen LogP contribution in [0.2, 0.25) is 0 Å². The van der Waals surface area contributed by atoms with Gasteiger partial charge in [0, 0.05) is 25.9 Å². The zero-order valence-corrected chi connectivity index (χ0v) is 17.1. The highest BCUT2D eigenvalue weighted by Crippen LogP contribution is 2.22. The van der Waals surface area contributed by atoms with Crippen molar-refractivity contribution in [3.8, 4) is 0 Å². The molecule has 4 amide bonds. The minimum atomic E-state index is -0.734. The summed E-state index contributed by atoms with van der Waals surface area (Å²) < 4.78 is 1.86. The third kappa shape index (κ3) is 4.32. The zero-order valence-electron chi connectivity index (χ0n) is 17.1. The Kier molecular flexibility index (Phi) is 5.79. The highest BCUT2D eigenvalue weighted by molar-refractivity contribution is 6.21. The second-order valence-electron chi connectivity index (χ2n) is 7.36. The van der Waals surface area contributed by atoms with Gasteiger partial charge in [0.1, 0.15) is 17.9 Å². The van der Waals surface area contributed by atoms with Crippen molar-refractivity contribution in [1.29, 1.82) is 0 Å². The summed E-state index contributed by atoms with van der Waals surface area (Å²) in [4.78, 5) is 43.2. The van der Waals surface area contributed by atoms with E-state index in [0.717, 1.165) is 10.5 Å². The summed E-state index contributed by atoms with van der Waals surface area (Å²) in [5.41, 5.74) is 1.42. The van der Waals surface area contributed by atoms with Crippen molar-refractivity contribution < 1.29 is 14.4 Å². The molecule has 31 heavy (non-hydrogen) atoms. The minimum absolute atomic E-state index is 0.0903. The molecule has 2 heterocycles. The Morgan fingerprint density at radius 3 is 2.42 bits per heavy atom. The van der Waals surface area contributed by atoms with Crippen molar-refractivity contribution in [3.63, 3.8) is 0 Å². The van der Waals surface area contributed by atoms with Crippen molar-refractivity contribution in [3.05, 3.63) is 84.4 Å². The van der Waals surface area contributed by atoms with Gasteiger partial charge in [-0.1, -0.05) is 48.5 Å². The van der Waals surface area contributed by atoms with Gasteiger partial charge in [-0.2, -0.15) is 0 Å². The van der Waals surface area contributed by atoms with Gasteiger partial charge in [-0.15, -0.1) is 0 Å². The van der Waals surface area contributed by atoms with E-state index in [1.807, 2.05) is 54.2 Å². The molecular formula is C23H23N5O3. The van der Waals surface area contributed by atoms with E-state index in [2.05, 4.69) is 15.6 Å². The molecule has 1 aliphatic heterocycles. The lowest BCUT2D eigenvalue weighted by Gasteiger charge is -2.19. The molecule has 1 saturated heterocycles. The van der Waals surface area contributed by atoms with Gasteiger partial charge in [0.05, 0.1) is 5.69 Å². The SMILES string of the molecule is Cn1ccnc1C(NC(=O)CCC1NC(=O)N(c2ccccc2)C1=O)c1ccccc1. The number of carbonyl (C=O) groups is 3. The van der Waals surface area contributed by atoms with Crippen LogP contribution in [0.3, 0.4) is 0 Å². The van der Waals surface area contributed by atoms with Crippen LogP contribution < -0.4 is 15.5 Å². The van der Waals surface area contributed by atoms with E-state index in [9.17, 15) is 14.4 Å². The molecule has 0 saturated carbocycles. The highest BCUT2D eigenvalue weighted by atomic mass is 16.2. The zero-order chi connectivity index (χ0) is 21.8. The maximum absolute atomic E-state index is 12.7. The molecule has 2 aromatic carbocycles. The van der Waals surface area contributed by atoms with Crippen LogP contribution in [-0.2, 0) is 16.6 Å². The van der Waals surface area contributed by atoms with Crippen molar-refractivity contribution in [2.24, 2.45) is 7.05 Å². The molecule has 158 valence electrons. The number of imide groups is 1. The lowest BCUT2D eigenvalue weighted by molar-refractivity contribution is -0.122. The van der Waals surface area contributed by atoms with Crippen molar-refractivity contribution in [1.82, 2.24) is 20.2 Å². The lowest BCUT2D eigenvalue weighted by Crippen LogP contribution is -2.34. The number of nitrogens with one attached hydrogen (secondary N) is 2. The molecular weight excluding hydrogens is 394 g/mol. The number of amides is 4. The maximum Gasteiger partial charge on any atom is 0.329 e. The molecule has 2 N–H and O–H groups in total. The molecule has 8 nitrogen and oxygen atoms in total. The van der Waals surface area contributed by atoms with Crippen LogP contribution in [0.1, 0.15) is 30.3 Å². The van der Waals surface area contributed by atoms with Gasteiger partial charge in [0.2, 0.25) is 5.91 Å². The van der Waals surface area contributed by atoms with Crippen LogP contribution in [0, 0.1) is 0 Å². The van der Waals surface area contributed by atoms with E-state index >= 15 is 0 Å². The van der Waals surface area contributed by atoms with Gasteiger partial charge in [-0.3, -0.25) is 9.59 Å². The average Bonchev–Trinajstić information content (AvgIpc) is 3.33. The fourth-order valence-electron chi connectivity index (χ4n) is 3.65. The predicted octanol–water partition coefficient (Wildman–Crippen LogP) is 2.53. The quantitative estimate of drug-likeness (QED) is 0.578. The monoisotopic (exact) mass is 417 g/mol. The van der Waals surface area contributed by atoms with Gasteiger partial charge in [-0.25, -0.2) is 14.7 Å². The molecule has 4 rings (SSSR count). The number of para-hydroxylation sites is 1. The first-order valence-electron chi connectivity index (χ1n) is 10.1. The molecule has 1 fully saturated rings. The fourth-order valence-corrected chi connectivity index (χ4v) is 3.65. The molecule has 0 bridgehead atoms. The van der Waals surface area contributed by atoms with Gasteiger partial charge >= 0.3 is 6.03 Å². The summed E-state index contributed by atoms with van der Waals surface area (Å²) in [6.07, 6.45) is 3.81. The van der Waals surface area contributed by atoms with Crippen LogP contribution in [0.5, 0.6) is 0 Å². The second-order valence-corrected chi connectivity index (χ2v) is 7.36. The normalized spacial score (nSPS) is 16.8. The van der Waals surface area contributed by atoms with E-state index in [4.69, 9.17) is 0 Å². The summed E-state index contributed by atoms with van der Waals surface area (Å²) in [6, 6.07) is 16.7. The van der Waals surface area contributed by atoms with Gasteiger partial charge < -0.3 is 15.2 Å². The smallest absolute Gasteiger partial charge is 0.329 e. The highest BCUT2D eigenvalue weighted by Gasteiger charge is 2.39. The number of nitrogens with zero attached hydrogens (tertiary/aromatic N) is 3. The largest absolute Gasteiger partial charge is 0.342 e. The third-order valence-electron chi connectivity index (χ3n) is 5.25. The molecule has 1 aliphatic rings. The van der Waals surface area contributed by atoms with Crippen LogP contribution in [0.15, 0.2) is 73.1 Å². The van der Waals surface area contributed by atoms with Gasteiger partial charge in [-0.05, 0) is 24.1 Å². The number of anilines is 1. The van der Waals surface area contributed by atoms with Crippen LogP contribution in [0.4, 0.5) is 10.5 Å². The number of urea groups is 1. The summed E-state index contributed by atoms with van der Waals surface area (Å²) in [5, 5.41) is 5.68. The van der Waals surface area contributed by atoms with Crippen LogP contribution >= 0.6 is 0 Å². The Labute approximate surface area is 179 Å². The van der Waals surface area contributed by atoms with E-state index in [0.29, 0.717) is 11.5 Å². The molecule has 2 atom stereocenters. The number of hydrogen-bond acceptors (Lipinski definition) is 4. The molecule has 1 aromatic heterocycles. The van der Waals surface area contributed by atoms with Gasteiger partial charge in [0.15, 0.2) is 0 Å². The lowest BCUT2D eigenvalue weighted by atomic mass is 10.1. The molecule has 8 heteroatoms. The summed E-state index contributed by atoms with van der Waals surface area (Å²) in [5.74, 6) is 0.129.